The molecule has 7 nitrogen and oxygen atoms in total. The lowest BCUT2D eigenvalue weighted by Crippen LogP contribution is -2.12. The molecule has 0 saturated heterocycles. The minimum atomic E-state index is -0.289. The van der Waals surface area contributed by atoms with Crippen molar-refractivity contribution in [3.63, 3.8) is 0 Å². The Labute approximate surface area is 157 Å². The number of aromatic amines is 1. The van der Waals surface area contributed by atoms with Gasteiger partial charge in [0.25, 0.3) is 5.91 Å². The molecule has 0 bridgehead atoms. The summed E-state index contributed by atoms with van der Waals surface area (Å²) < 4.78 is 11.2. The van der Waals surface area contributed by atoms with E-state index in [0.29, 0.717) is 29.5 Å². The molecule has 0 spiro atoms. The van der Waals surface area contributed by atoms with Crippen LogP contribution in [0, 0.1) is 0 Å². The fraction of sp³-hybridized carbons (Fsp3) is 0.250. The first kappa shape index (κ1) is 18.4. The number of rotatable bonds is 7. The van der Waals surface area contributed by atoms with Crippen LogP contribution < -0.4 is 14.8 Å². The molecule has 0 fully saturated rings. The molecular formula is C20H22N4O3. The molecule has 7 heteroatoms. The zero-order valence-corrected chi connectivity index (χ0v) is 15.5. The first-order valence-electron chi connectivity index (χ1n) is 8.63. The van der Waals surface area contributed by atoms with Crippen LogP contribution in [-0.4, -0.2) is 28.2 Å². The Morgan fingerprint density at radius 1 is 1.15 bits per heavy atom. The number of amides is 1. The van der Waals surface area contributed by atoms with Gasteiger partial charge in [0.2, 0.25) is 0 Å². The van der Waals surface area contributed by atoms with E-state index in [4.69, 9.17) is 9.47 Å². The molecule has 0 saturated carbocycles. The maximum absolute atomic E-state index is 12.4. The molecule has 0 radical (unpaired) electrons. The first-order valence-corrected chi connectivity index (χ1v) is 8.63. The molecule has 0 aliphatic rings. The minimum Gasteiger partial charge on any atom is -0.493 e. The molecule has 3 rings (SSSR count). The molecule has 2 heterocycles. The molecule has 140 valence electrons. The topological polar surface area (TPSA) is 89.1 Å². The number of carbonyl (C=O) groups is 1. The Hall–Kier alpha value is -3.35. The van der Waals surface area contributed by atoms with Crippen LogP contribution in [0.4, 0.5) is 5.69 Å². The summed E-state index contributed by atoms with van der Waals surface area (Å²) in [5.74, 6) is 1.11. The third kappa shape index (κ3) is 4.63. The van der Waals surface area contributed by atoms with Crippen molar-refractivity contribution in [2.75, 3.05) is 12.4 Å². The monoisotopic (exact) mass is 366 g/mol. The van der Waals surface area contributed by atoms with E-state index < -0.39 is 0 Å². The van der Waals surface area contributed by atoms with Gasteiger partial charge in [0.1, 0.15) is 6.61 Å². The largest absolute Gasteiger partial charge is 0.493 e. The van der Waals surface area contributed by atoms with Crippen molar-refractivity contribution in [3.05, 3.63) is 65.7 Å². The molecule has 0 aliphatic heterocycles. The van der Waals surface area contributed by atoms with Crippen LogP contribution >= 0.6 is 0 Å². The number of H-pyrrole nitrogens is 1. The summed E-state index contributed by atoms with van der Waals surface area (Å²) in [6.07, 6.45) is 3.42. The van der Waals surface area contributed by atoms with Gasteiger partial charge in [-0.3, -0.25) is 14.9 Å². The van der Waals surface area contributed by atoms with Crippen LogP contribution in [0.1, 0.15) is 41.5 Å². The minimum absolute atomic E-state index is 0.272. The van der Waals surface area contributed by atoms with E-state index in [9.17, 15) is 4.79 Å². The Morgan fingerprint density at radius 2 is 1.93 bits per heavy atom. The number of ether oxygens (including phenoxy) is 2. The van der Waals surface area contributed by atoms with Gasteiger partial charge >= 0.3 is 0 Å². The summed E-state index contributed by atoms with van der Waals surface area (Å²) in [6, 6.07) is 10.7. The van der Waals surface area contributed by atoms with Gasteiger partial charge in [0.05, 0.1) is 7.11 Å². The predicted molar refractivity (Wildman–Crippen MR) is 102 cm³/mol. The Bertz CT molecular complexity index is 907. The van der Waals surface area contributed by atoms with Crippen molar-refractivity contribution in [2.24, 2.45) is 0 Å². The highest BCUT2D eigenvalue weighted by Crippen LogP contribution is 2.31. The summed E-state index contributed by atoms with van der Waals surface area (Å²) >= 11 is 0. The van der Waals surface area contributed by atoms with Crippen molar-refractivity contribution in [1.82, 2.24) is 15.2 Å². The lowest BCUT2D eigenvalue weighted by molar-refractivity contribution is 0.102. The van der Waals surface area contributed by atoms with Gasteiger partial charge in [-0.1, -0.05) is 13.8 Å². The second-order valence-electron chi connectivity index (χ2n) is 6.33. The van der Waals surface area contributed by atoms with E-state index in [1.165, 1.54) is 0 Å². The highest BCUT2D eigenvalue weighted by molar-refractivity contribution is 6.03. The Balaban J connectivity index is 1.72. The van der Waals surface area contributed by atoms with Gasteiger partial charge in [0.15, 0.2) is 17.2 Å². The molecule has 3 aromatic rings. The summed E-state index contributed by atoms with van der Waals surface area (Å²) in [7, 11) is 1.57. The summed E-state index contributed by atoms with van der Waals surface area (Å²) in [5.41, 5.74) is 2.84. The van der Waals surface area contributed by atoms with Gasteiger partial charge < -0.3 is 14.8 Å². The maximum atomic E-state index is 12.4. The number of methoxy groups -OCH3 is 1. The van der Waals surface area contributed by atoms with Gasteiger partial charge in [-0.15, -0.1) is 0 Å². The van der Waals surface area contributed by atoms with Gasteiger partial charge in [0, 0.05) is 29.8 Å². The third-order valence-corrected chi connectivity index (χ3v) is 4.02. The molecule has 0 atom stereocenters. The van der Waals surface area contributed by atoms with E-state index in [1.807, 2.05) is 26.0 Å². The van der Waals surface area contributed by atoms with Gasteiger partial charge in [-0.2, -0.15) is 5.10 Å². The van der Waals surface area contributed by atoms with E-state index >= 15 is 0 Å². The average molecular weight is 366 g/mol. The highest BCUT2D eigenvalue weighted by Gasteiger charge is 2.14. The number of hydrogen-bond acceptors (Lipinski definition) is 5. The number of anilines is 1. The second-order valence-corrected chi connectivity index (χ2v) is 6.33. The van der Waals surface area contributed by atoms with Crippen LogP contribution in [0.2, 0.25) is 0 Å². The molecule has 2 N–H and O–H groups in total. The number of carbonyl (C=O) groups excluding carboxylic acids is 1. The Kier molecular flexibility index (Phi) is 5.71. The van der Waals surface area contributed by atoms with Crippen molar-refractivity contribution in [1.29, 1.82) is 0 Å². The SMILES string of the molecule is COc1ccc(NC(=O)c2cc(C(C)C)[nH]n2)cc1OCc1ccncc1. The molecule has 0 unspecified atom stereocenters. The summed E-state index contributed by atoms with van der Waals surface area (Å²) in [4.78, 5) is 16.4. The maximum Gasteiger partial charge on any atom is 0.276 e. The van der Waals surface area contributed by atoms with Crippen molar-refractivity contribution < 1.29 is 14.3 Å². The zero-order valence-electron chi connectivity index (χ0n) is 15.5. The smallest absolute Gasteiger partial charge is 0.276 e. The van der Waals surface area contributed by atoms with E-state index in [2.05, 4.69) is 20.5 Å². The number of nitrogens with one attached hydrogen (secondary N) is 2. The standard InChI is InChI=1S/C20H22N4O3/c1-13(2)16-11-17(24-23-16)20(25)22-15-4-5-18(26-3)19(10-15)27-12-14-6-8-21-9-7-14/h4-11,13H,12H2,1-3H3,(H,22,25)(H,23,24). The van der Waals surface area contributed by atoms with E-state index in [1.54, 1.807) is 43.8 Å². The molecule has 1 aromatic carbocycles. The normalized spacial score (nSPS) is 10.7. The van der Waals surface area contributed by atoms with Gasteiger partial charge in [-0.25, -0.2) is 0 Å². The van der Waals surface area contributed by atoms with Crippen molar-refractivity contribution in [3.8, 4) is 11.5 Å². The summed E-state index contributed by atoms with van der Waals surface area (Å²) in [5, 5.41) is 9.78. The van der Waals surface area contributed by atoms with Crippen molar-refractivity contribution >= 4 is 11.6 Å². The molecular weight excluding hydrogens is 344 g/mol. The molecule has 27 heavy (non-hydrogen) atoms. The number of pyridine rings is 1. The third-order valence-electron chi connectivity index (χ3n) is 4.02. The summed E-state index contributed by atoms with van der Waals surface area (Å²) in [6.45, 7) is 4.43. The quantitative estimate of drug-likeness (QED) is 0.664. The van der Waals surface area contributed by atoms with Crippen LogP contribution in [-0.2, 0) is 6.61 Å². The second kappa shape index (κ2) is 8.35. The predicted octanol–water partition coefficient (Wildman–Crippen LogP) is 3.77. The highest BCUT2D eigenvalue weighted by atomic mass is 16.5. The average Bonchev–Trinajstić information content (AvgIpc) is 3.18. The van der Waals surface area contributed by atoms with Crippen LogP contribution in [0.25, 0.3) is 0 Å². The fourth-order valence-corrected chi connectivity index (χ4v) is 2.45. The molecule has 1 amide bonds. The Morgan fingerprint density at radius 3 is 2.59 bits per heavy atom. The van der Waals surface area contributed by atoms with Crippen LogP contribution in [0.5, 0.6) is 11.5 Å². The molecule has 2 aromatic heterocycles. The van der Waals surface area contributed by atoms with Crippen molar-refractivity contribution in [2.45, 2.75) is 26.4 Å². The first-order chi connectivity index (χ1) is 13.1. The van der Waals surface area contributed by atoms with E-state index in [-0.39, 0.29) is 11.8 Å². The molecule has 0 aliphatic carbocycles. The lowest BCUT2D eigenvalue weighted by Gasteiger charge is -2.12. The van der Waals surface area contributed by atoms with E-state index in [0.717, 1.165) is 11.3 Å². The number of aromatic nitrogens is 3. The number of hydrogen-bond donors (Lipinski definition) is 2. The fourth-order valence-electron chi connectivity index (χ4n) is 2.45. The van der Waals surface area contributed by atoms with Gasteiger partial charge in [-0.05, 0) is 41.8 Å². The lowest BCUT2D eigenvalue weighted by atomic mass is 10.1. The van der Waals surface area contributed by atoms with Crippen LogP contribution in [0.15, 0.2) is 48.8 Å². The number of nitrogens with zero attached hydrogens (tertiary/aromatic N) is 2. The number of benzene rings is 1. The zero-order chi connectivity index (χ0) is 19.2. The van der Waals surface area contributed by atoms with Crippen LogP contribution in [0.3, 0.4) is 0 Å².